The molecule has 2 aliphatic heterocycles. The summed E-state index contributed by atoms with van der Waals surface area (Å²) in [5, 5.41) is 0.956. The molecule has 29 heavy (non-hydrogen) atoms. The van der Waals surface area contributed by atoms with Gasteiger partial charge in [0, 0.05) is 23.4 Å². The van der Waals surface area contributed by atoms with Crippen LogP contribution in [0.3, 0.4) is 0 Å². The third-order valence-corrected chi connectivity index (χ3v) is 7.87. The third-order valence-electron chi connectivity index (χ3n) is 6.10. The fourth-order valence-electron chi connectivity index (χ4n) is 4.90. The van der Waals surface area contributed by atoms with Crippen molar-refractivity contribution in [1.29, 1.82) is 0 Å². The van der Waals surface area contributed by atoms with Crippen LogP contribution in [0.25, 0.3) is 22.2 Å². The van der Waals surface area contributed by atoms with E-state index in [1.54, 1.807) is 16.1 Å². The van der Waals surface area contributed by atoms with Gasteiger partial charge in [0.1, 0.15) is 5.75 Å². The van der Waals surface area contributed by atoms with Crippen molar-refractivity contribution in [2.24, 2.45) is 0 Å². The van der Waals surface area contributed by atoms with Gasteiger partial charge in [-0.2, -0.15) is 0 Å². The van der Waals surface area contributed by atoms with Crippen LogP contribution in [0.2, 0.25) is 0 Å². The summed E-state index contributed by atoms with van der Waals surface area (Å²) in [6.07, 6.45) is 1.04. The van der Waals surface area contributed by atoms with Crippen LogP contribution in [0.5, 0.6) is 5.75 Å². The lowest BCUT2D eigenvalue weighted by Gasteiger charge is -2.17. The maximum atomic E-state index is 13.5. The van der Waals surface area contributed by atoms with Gasteiger partial charge in [-0.05, 0) is 57.1 Å². The zero-order chi connectivity index (χ0) is 20.3. The number of likely N-dealkylation sites (N-methyl/N-ethyl adjacent to an activating group) is 1. The maximum Gasteiger partial charge on any atom is 0.269 e. The highest BCUT2D eigenvalue weighted by Crippen LogP contribution is 2.51. The van der Waals surface area contributed by atoms with Gasteiger partial charge in [0.25, 0.3) is 10.0 Å². The van der Waals surface area contributed by atoms with Gasteiger partial charge in [-0.3, -0.25) is 0 Å². The van der Waals surface area contributed by atoms with E-state index in [0.717, 1.165) is 59.5 Å². The predicted molar refractivity (Wildman–Crippen MR) is 115 cm³/mol. The molecule has 0 amide bonds. The van der Waals surface area contributed by atoms with Crippen molar-refractivity contribution in [2.45, 2.75) is 44.1 Å². The SMILES string of the molecule is CCN1CC[C@H](c2c3n(c4cccc(OC(C)C)c24)S(=O)(=O)c2ccccc2-3)C1. The number of fused-ring (bicyclic) bond motifs is 5. The molecule has 0 aliphatic carbocycles. The molecule has 1 aromatic heterocycles. The van der Waals surface area contributed by atoms with E-state index < -0.39 is 10.0 Å². The van der Waals surface area contributed by atoms with Crippen LogP contribution >= 0.6 is 0 Å². The van der Waals surface area contributed by atoms with Crippen LogP contribution in [0.4, 0.5) is 0 Å². The second-order valence-corrected chi connectivity index (χ2v) is 9.98. The molecule has 0 bridgehead atoms. The summed E-state index contributed by atoms with van der Waals surface area (Å²) in [4.78, 5) is 2.83. The van der Waals surface area contributed by atoms with E-state index in [-0.39, 0.29) is 12.0 Å². The van der Waals surface area contributed by atoms with Crippen molar-refractivity contribution in [3.8, 4) is 17.0 Å². The second-order valence-electron chi connectivity index (χ2n) is 8.22. The first-order chi connectivity index (χ1) is 13.9. The average molecular weight is 411 g/mol. The molecule has 0 unspecified atom stereocenters. The number of likely N-dealkylation sites (tertiary alicyclic amines) is 1. The first kappa shape index (κ1) is 18.7. The van der Waals surface area contributed by atoms with Gasteiger partial charge in [-0.25, -0.2) is 12.4 Å². The van der Waals surface area contributed by atoms with E-state index in [2.05, 4.69) is 11.8 Å². The summed E-state index contributed by atoms with van der Waals surface area (Å²) in [6, 6.07) is 13.1. The Kier molecular flexibility index (Phi) is 4.26. The number of hydrogen-bond acceptors (Lipinski definition) is 4. The fourth-order valence-corrected chi connectivity index (χ4v) is 6.64. The molecular weight excluding hydrogens is 384 g/mol. The van der Waals surface area contributed by atoms with Crippen LogP contribution in [0, 0.1) is 0 Å². The van der Waals surface area contributed by atoms with Crippen LogP contribution < -0.4 is 4.74 Å². The van der Waals surface area contributed by atoms with E-state index in [1.807, 2.05) is 44.2 Å². The third kappa shape index (κ3) is 2.66. The van der Waals surface area contributed by atoms with Crippen LogP contribution in [0.15, 0.2) is 47.4 Å². The lowest BCUT2D eigenvalue weighted by Crippen LogP contribution is -2.19. The summed E-state index contributed by atoms with van der Waals surface area (Å²) in [7, 11) is -3.62. The molecule has 1 saturated heterocycles. The largest absolute Gasteiger partial charge is 0.490 e. The molecule has 2 aromatic carbocycles. The Morgan fingerprint density at radius 3 is 2.66 bits per heavy atom. The first-order valence-corrected chi connectivity index (χ1v) is 11.8. The summed E-state index contributed by atoms with van der Waals surface area (Å²) < 4.78 is 34.7. The second kappa shape index (κ2) is 6.61. The molecule has 152 valence electrons. The minimum Gasteiger partial charge on any atom is -0.490 e. The van der Waals surface area contributed by atoms with Crippen molar-refractivity contribution in [3.05, 3.63) is 48.0 Å². The monoisotopic (exact) mass is 410 g/mol. The van der Waals surface area contributed by atoms with Crippen molar-refractivity contribution in [3.63, 3.8) is 0 Å². The Bertz CT molecular complexity index is 1210. The Balaban J connectivity index is 1.88. The number of ether oxygens (including phenoxy) is 1. The number of hydrogen-bond donors (Lipinski definition) is 0. The van der Waals surface area contributed by atoms with Gasteiger partial charge in [-0.1, -0.05) is 31.2 Å². The van der Waals surface area contributed by atoms with Gasteiger partial charge in [-0.15, -0.1) is 0 Å². The molecule has 3 heterocycles. The van der Waals surface area contributed by atoms with Crippen molar-refractivity contribution in [2.75, 3.05) is 19.6 Å². The van der Waals surface area contributed by atoms with E-state index in [0.29, 0.717) is 4.90 Å². The molecule has 2 aliphatic rings. The van der Waals surface area contributed by atoms with E-state index in [1.165, 1.54) is 0 Å². The van der Waals surface area contributed by atoms with Crippen molar-refractivity contribution >= 4 is 20.9 Å². The quantitative estimate of drug-likeness (QED) is 0.499. The molecule has 1 atom stereocenters. The van der Waals surface area contributed by atoms with E-state index in [9.17, 15) is 8.42 Å². The normalized spacial score (nSPS) is 20.3. The minimum absolute atomic E-state index is 0.0165. The first-order valence-electron chi connectivity index (χ1n) is 10.3. The van der Waals surface area contributed by atoms with Crippen LogP contribution in [0.1, 0.15) is 38.7 Å². The van der Waals surface area contributed by atoms with Gasteiger partial charge in [0.2, 0.25) is 0 Å². The molecule has 5 nitrogen and oxygen atoms in total. The number of rotatable bonds is 4. The van der Waals surface area contributed by atoms with E-state index >= 15 is 0 Å². The lowest BCUT2D eigenvalue weighted by molar-refractivity contribution is 0.245. The summed E-state index contributed by atoms with van der Waals surface area (Å²) in [6.45, 7) is 9.17. The van der Waals surface area contributed by atoms with Crippen LogP contribution in [-0.4, -0.2) is 43.0 Å². The molecule has 6 heteroatoms. The Hall–Kier alpha value is -2.31. The standard InChI is InChI=1S/C23H26N2O3S/c1-4-24-13-12-16(14-24)21-22-18(9-7-10-19(22)28-15(2)3)25-23(21)17-8-5-6-11-20(17)29(25,26)27/h5-11,15-16H,4,12-14H2,1-3H3/t16-/m0/s1. The number of benzene rings is 2. The van der Waals surface area contributed by atoms with Crippen molar-refractivity contribution in [1.82, 2.24) is 8.87 Å². The smallest absolute Gasteiger partial charge is 0.269 e. The number of aromatic nitrogens is 1. The van der Waals surface area contributed by atoms with Gasteiger partial charge in [0.15, 0.2) is 0 Å². The Morgan fingerprint density at radius 2 is 1.93 bits per heavy atom. The zero-order valence-corrected chi connectivity index (χ0v) is 17.9. The highest BCUT2D eigenvalue weighted by atomic mass is 32.2. The minimum atomic E-state index is -3.62. The van der Waals surface area contributed by atoms with Gasteiger partial charge in [0.05, 0.1) is 22.2 Å². The molecule has 3 aromatic rings. The highest BCUT2D eigenvalue weighted by Gasteiger charge is 2.40. The molecular formula is C23H26N2O3S. The topological polar surface area (TPSA) is 51.5 Å². The fraction of sp³-hybridized carbons (Fsp3) is 0.391. The summed E-state index contributed by atoms with van der Waals surface area (Å²) in [5.74, 6) is 1.06. The van der Waals surface area contributed by atoms with E-state index in [4.69, 9.17) is 4.74 Å². The summed E-state index contributed by atoms with van der Waals surface area (Å²) >= 11 is 0. The predicted octanol–water partition coefficient (Wildman–Crippen LogP) is 4.46. The van der Waals surface area contributed by atoms with Gasteiger partial charge >= 0.3 is 0 Å². The molecule has 0 N–H and O–H groups in total. The molecule has 0 radical (unpaired) electrons. The molecule has 1 fully saturated rings. The zero-order valence-electron chi connectivity index (χ0n) is 17.1. The molecule has 5 rings (SSSR count). The van der Waals surface area contributed by atoms with Crippen LogP contribution in [-0.2, 0) is 10.0 Å². The van der Waals surface area contributed by atoms with Gasteiger partial charge < -0.3 is 9.64 Å². The maximum absolute atomic E-state index is 13.5. The summed E-state index contributed by atoms with van der Waals surface area (Å²) in [5.41, 5.74) is 3.49. The number of nitrogens with zero attached hydrogens (tertiary/aromatic N) is 2. The average Bonchev–Trinajstić information content (AvgIpc) is 3.35. The lowest BCUT2D eigenvalue weighted by atomic mass is 9.92. The highest BCUT2D eigenvalue weighted by molar-refractivity contribution is 7.90. The molecule has 0 saturated carbocycles. The van der Waals surface area contributed by atoms with Crippen molar-refractivity contribution < 1.29 is 13.2 Å². The molecule has 0 spiro atoms. The Morgan fingerprint density at radius 1 is 1.14 bits per heavy atom. The Labute approximate surface area is 171 Å².